The number of hydrogen-bond acceptors (Lipinski definition) is 3. The maximum absolute atomic E-state index is 8.71. The van der Waals surface area contributed by atoms with E-state index < -0.39 is 0 Å². The van der Waals surface area contributed by atoms with Gasteiger partial charge in [0.1, 0.15) is 6.07 Å². The summed E-state index contributed by atoms with van der Waals surface area (Å²) in [5, 5.41) is 17.4. The van der Waals surface area contributed by atoms with E-state index in [0.29, 0.717) is 11.1 Å². The minimum absolute atomic E-state index is 0.194. The van der Waals surface area contributed by atoms with E-state index in [1.165, 1.54) is 0 Å². The van der Waals surface area contributed by atoms with Crippen LogP contribution in [0.4, 0.5) is 0 Å². The normalized spacial score (nSPS) is 22.1. The molecule has 0 spiro atoms. The lowest BCUT2D eigenvalue weighted by atomic mass is 10.1. The summed E-state index contributed by atoms with van der Waals surface area (Å²) in [6.07, 6.45) is 1.69. The van der Waals surface area contributed by atoms with Crippen LogP contribution in [0.2, 0.25) is 0 Å². The Morgan fingerprint density at radius 3 is 2.75 bits per heavy atom. The summed E-state index contributed by atoms with van der Waals surface area (Å²) in [7, 11) is 0. The van der Waals surface area contributed by atoms with Crippen LogP contribution in [0.5, 0.6) is 0 Å². The predicted octanol–water partition coefficient (Wildman–Crippen LogP) is 0.958. The number of nitrogens with two attached hydrogens (primary N) is 1. The van der Waals surface area contributed by atoms with Gasteiger partial charge in [-0.2, -0.15) is 10.5 Å². The highest BCUT2D eigenvalue weighted by molar-refractivity contribution is 14.2. The van der Waals surface area contributed by atoms with Gasteiger partial charge < -0.3 is 5.73 Å². The van der Waals surface area contributed by atoms with Crippen LogP contribution in [-0.4, -0.2) is 10.1 Å². The van der Waals surface area contributed by atoms with Crippen molar-refractivity contribution in [3.63, 3.8) is 0 Å². The quantitative estimate of drug-likeness (QED) is 0.667. The molecule has 12 heavy (non-hydrogen) atoms. The Hall–Kier alpha value is -0.980. The number of halogens is 1. The average Bonchev–Trinajstić information content (AvgIpc) is 2.26. The van der Waals surface area contributed by atoms with E-state index >= 15 is 0 Å². The zero-order chi connectivity index (χ0) is 8.97. The molecule has 1 unspecified atom stereocenters. The Labute approximate surface area is 80.5 Å². The highest BCUT2D eigenvalue weighted by Gasteiger charge is 2.11. The summed E-state index contributed by atoms with van der Waals surface area (Å²) >= 11 is -0.194. The maximum Gasteiger partial charge on any atom is 0.100 e. The molecule has 1 heterocycles. The van der Waals surface area contributed by atoms with Gasteiger partial charge in [-0.05, 0) is 14.2 Å². The van der Waals surface area contributed by atoms with Crippen LogP contribution in [0, 0.1) is 22.7 Å². The molecule has 1 aliphatic rings. The first-order valence-corrected chi connectivity index (χ1v) is 5.70. The van der Waals surface area contributed by atoms with Crippen molar-refractivity contribution in [2.45, 2.75) is 6.04 Å². The molecule has 0 fully saturated rings. The third-order valence-corrected chi connectivity index (χ3v) is 3.34. The molecule has 0 saturated carbocycles. The van der Waals surface area contributed by atoms with Gasteiger partial charge in [0.15, 0.2) is 0 Å². The Morgan fingerprint density at radius 1 is 1.42 bits per heavy atom. The lowest BCUT2D eigenvalue weighted by Crippen LogP contribution is -2.23. The van der Waals surface area contributed by atoms with Crippen molar-refractivity contribution in [3.8, 4) is 12.1 Å². The molecule has 0 bridgehead atoms. The number of nitrogens with zero attached hydrogens (tertiary/aromatic N) is 2. The van der Waals surface area contributed by atoms with Crippen LogP contribution in [0.1, 0.15) is 0 Å². The second kappa shape index (κ2) is 4.15. The van der Waals surface area contributed by atoms with Crippen LogP contribution in [0.3, 0.4) is 0 Å². The van der Waals surface area contributed by atoms with Gasteiger partial charge >= 0.3 is 0 Å². The molecule has 0 aromatic rings. The number of nitriles is 2. The first kappa shape index (κ1) is 9.11. The van der Waals surface area contributed by atoms with Crippen molar-refractivity contribution in [2.75, 3.05) is 0 Å². The van der Waals surface area contributed by atoms with Crippen LogP contribution in [0.25, 0.3) is 0 Å². The molecule has 0 aliphatic carbocycles. The zero-order valence-corrected chi connectivity index (χ0v) is 8.32. The Morgan fingerprint density at radius 2 is 2.17 bits per heavy atom. The number of rotatable bonds is 0. The average molecular weight is 271 g/mol. The van der Waals surface area contributed by atoms with Gasteiger partial charge in [-0.25, -0.2) is 0 Å². The van der Waals surface area contributed by atoms with E-state index in [9.17, 15) is 0 Å². The number of allylic oxidation sites excluding steroid dienone is 2. The zero-order valence-electron chi connectivity index (χ0n) is 6.16. The molecule has 4 heteroatoms. The lowest BCUT2D eigenvalue weighted by molar-refractivity contribution is 1.06. The molecule has 0 aromatic heterocycles. The predicted molar refractivity (Wildman–Crippen MR) is 55.5 cm³/mol. The van der Waals surface area contributed by atoms with Crippen LogP contribution < -0.4 is 5.73 Å². The monoisotopic (exact) mass is 271 g/mol. The van der Waals surface area contributed by atoms with Crippen molar-refractivity contribution in [1.82, 2.24) is 0 Å². The fourth-order valence-corrected chi connectivity index (χ4v) is 2.40. The lowest BCUT2D eigenvalue weighted by Gasteiger charge is -2.01. The van der Waals surface area contributed by atoms with Crippen molar-refractivity contribution in [1.29, 1.82) is 10.5 Å². The highest BCUT2D eigenvalue weighted by atomic mass is 127. The van der Waals surface area contributed by atoms with Crippen LogP contribution >= 0.6 is 20.7 Å². The molecule has 1 aliphatic heterocycles. The van der Waals surface area contributed by atoms with Crippen LogP contribution in [0.15, 0.2) is 21.3 Å². The molecule has 60 valence electrons. The highest BCUT2D eigenvalue weighted by Crippen LogP contribution is 2.15. The fraction of sp³-hybridized carbons (Fsp3) is 0.125. The molecule has 2 N–H and O–H groups in total. The second-order valence-corrected chi connectivity index (χ2v) is 4.28. The van der Waals surface area contributed by atoms with Crippen molar-refractivity contribution < 1.29 is 0 Å². The van der Waals surface area contributed by atoms with Gasteiger partial charge in [0, 0.05) is 0 Å². The molecule has 0 radical (unpaired) electrons. The van der Waals surface area contributed by atoms with Crippen molar-refractivity contribution >= 4 is 24.7 Å². The molecule has 0 aromatic carbocycles. The van der Waals surface area contributed by atoms with E-state index in [1.807, 2.05) is 20.2 Å². The van der Waals surface area contributed by atoms with E-state index in [0.717, 1.165) is 0 Å². The Bertz CT molecular complexity index is 351. The van der Waals surface area contributed by atoms with E-state index in [2.05, 4.69) is 0 Å². The van der Waals surface area contributed by atoms with Gasteiger partial charge in [0.25, 0.3) is 0 Å². The van der Waals surface area contributed by atoms with E-state index in [-0.39, 0.29) is 26.8 Å². The molecule has 1 atom stereocenters. The van der Waals surface area contributed by atoms with Crippen molar-refractivity contribution in [3.05, 3.63) is 21.3 Å². The van der Waals surface area contributed by atoms with Gasteiger partial charge in [-0.3, -0.25) is 0 Å². The third kappa shape index (κ3) is 1.79. The maximum atomic E-state index is 8.71. The molecule has 3 nitrogen and oxygen atoms in total. The summed E-state index contributed by atoms with van der Waals surface area (Å²) in [5.74, 6) is 0. The molecule has 0 saturated heterocycles. The molecule has 1 rings (SSSR count). The molecular weight excluding hydrogens is 265 g/mol. The standard InChI is InChI=1S/C8H6IN3/c10-4-6-1-2-9-3-8(12)7(6)5-11/h1-3,8H,12H2. The number of hydrogen-bond donors (Lipinski definition) is 1. The molecular formula is C8H6IN3. The second-order valence-electron chi connectivity index (χ2n) is 2.12. The fourth-order valence-electron chi connectivity index (χ4n) is 0.784. The third-order valence-electron chi connectivity index (χ3n) is 1.38. The van der Waals surface area contributed by atoms with E-state index in [4.69, 9.17) is 16.3 Å². The summed E-state index contributed by atoms with van der Waals surface area (Å²) in [5.41, 5.74) is 6.44. The summed E-state index contributed by atoms with van der Waals surface area (Å²) in [4.78, 5) is 0. The smallest absolute Gasteiger partial charge is 0.100 e. The van der Waals surface area contributed by atoms with Gasteiger partial charge in [-0.15, -0.1) is 0 Å². The summed E-state index contributed by atoms with van der Waals surface area (Å²) in [6, 6.07) is 3.57. The first-order valence-electron chi connectivity index (χ1n) is 3.21. The van der Waals surface area contributed by atoms with Gasteiger partial charge in [0.05, 0.1) is 23.3 Å². The largest absolute Gasteiger partial charge is 0.320 e. The van der Waals surface area contributed by atoms with Gasteiger partial charge in [-0.1, -0.05) is 20.7 Å². The van der Waals surface area contributed by atoms with Crippen molar-refractivity contribution in [2.24, 2.45) is 5.73 Å². The Kier molecular flexibility index (Phi) is 3.15. The Balaban J connectivity index is 3.21. The topological polar surface area (TPSA) is 73.6 Å². The van der Waals surface area contributed by atoms with E-state index in [1.54, 1.807) is 6.08 Å². The first-order chi connectivity index (χ1) is 5.79. The summed E-state index contributed by atoms with van der Waals surface area (Å²) in [6.45, 7) is 0. The van der Waals surface area contributed by atoms with Crippen LogP contribution in [-0.2, 0) is 0 Å². The minimum Gasteiger partial charge on any atom is -0.320 e. The minimum atomic E-state index is -0.354. The summed E-state index contributed by atoms with van der Waals surface area (Å²) < 4.78 is 3.85. The molecule has 0 amide bonds. The van der Waals surface area contributed by atoms with Gasteiger partial charge in [0.2, 0.25) is 0 Å². The SMILES string of the molecule is N#CC1=C(C#N)C(N)C=IC=C1.